The molecule has 0 aromatic heterocycles. The first-order valence-corrected chi connectivity index (χ1v) is 7.67. The number of ether oxygens (including phenoxy) is 3. The summed E-state index contributed by atoms with van der Waals surface area (Å²) in [5.41, 5.74) is 1.20. The lowest BCUT2D eigenvalue weighted by Crippen LogP contribution is -2.44. The summed E-state index contributed by atoms with van der Waals surface area (Å²) >= 11 is 0. The minimum atomic E-state index is -0.518. The number of hydrogen-bond acceptors (Lipinski definition) is 3. The second kappa shape index (κ2) is 7.74. The first-order chi connectivity index (χ1) is 10.1. The Labute approximate surface area is 127 Å². The molecule has 0 amide bonds. The molecule has 0 unspecified atom stereocenters. The molecule has 1 heterocycles. The molecule has 1 saturated heterocycles. The lowest BCUT2D eigenvalue weighted by molar-refractivity contribution is -0.300. The van der Waals surface area contributed by atoms with Gasteiger partial charge >= 0.3 is 0 Å². The minimum absolute atomic E-state index is 0.189. The van der Waals surface area contributed by atoms with E-state index >= 15 is 0 Å². The lowest BCUT2D eigenvalue weighted by Gasteiger charge is -2.40. The highest BCUT2D eigenvalue weighted by Crippen LogP contribution is 2.29. The molecule has 0 spiro atoms. The average Bonchev–Trinajstić information content (AvgIpc) is 2.43. The fraction of sp³-hybridized carbons (Fsp3) is 0.556. The fourth-order valence-electron chi connectivity index (χ4n) is 2.71. The Hall–Kier alpha value is -1.16. The summed E-state index contributed by atoms with van der Waals surface area (Å²) in [6, 6.07) is 10.2. The molecule has 0 aliphatic carbocycles. The van der Waals surface area contributed by atoms with Gasteiger partial charge in [-0.3, -0.25) is 0 Å². The summed E-state index contributed by atoms with van der Waals surface area (Å²) in [6.07, 6.45) is 4.97. The van der Waals surface area contributed by atoms with Gasteiger partial charge in [0.1, 0.15) is 0 Å². The third-order valence-corrected chi connectivity index (χ3v) is 3.55. The molecule has 0 N–H and O–H groups in total. The van der Waals surface area contributed by atoms with E-state index in [0.29, 0.717) is 13.2 Å². The molecule has 21 heavy (non-hydrogen) atoms. The van der Waals surface area contributed by atoms with Gasteiger partial charge in [-0.15, -0.1) is 6.58 Å². The van der Waals surface area contributed by atoms with Gasteiger partial charge in [0.25, 0.3) is 0 Å². The smallest absolute Gasteiger partial charge is 0.163 e. The van der Waals surface area contributed by atoms with Gasteiger partial charge in [-0.1, -0.05) is 36.4 Å². The van der Waals surface area contributed by atoms with Gasteiger partial charge in [-0.05, 0) is 32.3 Å². The third-order valence-electron chi connectivity index (χ3n) is 3.55. The molecule has 1 aliphatic rings. The van der Waals surface area contributed by atoms with E-state index in [1.807, 2.05) is 38.1 Å². The standard InChI is InChI=1S/C18H26O3/c1-4-8-16-13-17(21-18(2,3)20-16)11-12-19-14-15-9-6-5-7-10-15/h4-7,9-10,16-17H,1,8,11-14H2,2-3H3/t16-,17-/m0/s1. The molecular weight excluding hydrogens is 264 g/mol. The molecule has 1 fully saturated rings. The van der Waals surface area contributed by atoms with Crippen LogP contribution in [-0.4, -0.2) is 24.6 Å². The predicted molar refractivity (Wildman–Crippen MR) is 84.0 cm³/mol. The average molecular weight is 290 g/mol. The quantitative estimate of drug-likeness (QED) is 0.559. The van der Waals surface area contributed by atoms with Crippen LogP contribution in [0.3, 0.4) is 0 Å². The van der Waals surface area contributed by atoms with Gasteiger partial charge in [0.2, 0.25) is 0 Å². The van der Waals surface area contributed by atoms with Crippen LogP contribution < -0.4 is 0 Å². The molecule has 0 bridgehead atoms. The van der Waals surface area contributed by atoms with Crippen LogP contribution in [0.15, 0.2) is 43.0 Å². The molecule has 3 nitrogen and oxygen atoms in total. The van der Waals surface area contributed by atoms with Crippen LogP contribution in [0.4, 0.5) is 0 Å². The lowest BCUT2D eigenvalue weighted by atomic mass is 10.0. The van der Waals surface area contributed by atoms with Crippen LogP contribution in [0.1, 0.15) is 38.7 Å². The van der Waals surface area contributed by atoms with E-state index in [1.165, 1.54) is 5.56 Å². The summed E-state index contributed by atoms with van der Waals surface area (Å²) in [4.78, 5) is 0. The Morgan fingerprint density at radius 2 is 1.95 bits per heavy atom. The molecule has 116 valence electrons. The first-order valence-electron chi connectivity index (χ1n) is 7.67. The summed E-state index contributed by atoms with van der Waals surface area (Å²) < 4.78 is 17.6. The van der Waals surface area contributed by atoms with Gasteiger partial charge in [0, 0.05) is 13.0 Å². The maximum Gasteiger partial charge on any atom is 0.163 e. The normalized spacial score (nSPS) is 24.7. The largest absolute Gasteiger partial charge is 0.377 e. The zero-order chi connectivity index (χ0) is 15.1. The predicted octanol–water partition coefficient (Wildman–Crippen LogP) is 4.08. The number of benzene rings is 1. The van der Waals surface area contributed by atoms with E-state index in [-0.39, 0.29) is 12.2 Å². The van der Waals surface area contributed by atoms with E-state index in [4.69, 9.17) is 14.2 Å². The summed E-state index contributed by atoms with van der Waals surface area (Å²) in [6.45, 7) is 9.10. The number of rotatable bonds is 7. The van der Waals surface area contributed by atoms with Crippen LogP contribution in [0, 0.1) is 0 Å². The van der Waals surface area contributed by atoms with E-state index in [0.717, 1.165) is 19.3 Å². The van der Waals surface area contributed by atoms with E-state index in [1.54, 1.807) is 0 Å². The summed E-state index contributed by atoms with van der Waals surface area (Å²) in [5.74, 6) is -0.518. The van der Waals surface area contributed by atoms with Gasteiger partial charge < -0.3 is 14.2 Å². The van der Waals surface area contributed by atoms with Gasteiger partial charge in [0.05, 0.1) is 18.8 Å². The van der Waals surface area contributed by atoms with Crippen molar-refractivity contribution < 1.29 is 14.2 Å². The summed E-state index contributed by atoms with van der Waals surface area (Å²) in [5, 5.41) is 0. The van der Waals surface area contributed by atoms with E-state index < -0.39 is 5.79 Å². The second-order valence-corrected chi connectivity index (χ2v) is 5.97. The Morgan fingerprint density at radius 1 is 1.24 bits per heavy atom. The Morgan fingerprint density at radius 3 is 2.67 bits per heavy atom. The molecule has 2 atom stereocenters. The van der Waals surface area contributed by atoms with Crippen molar-refractivity contribution in [3.05, 3.63) is 48.6 Å². The van der Waals surface area contributed by atoms with Gasteiger partial charge in [-0.2, -0.15) is 0 Å². The molecule has 1 aromatic carbocycles. The monoisotopic (exact) mass is 290 g/mol. The highest BCUT2D eigenvalue weighted by Gasteiger charge is 2.34. The summed E-state index contributed by atoms with van der Waals surface area (Å²) in [7, 11) is 0. The van der Waals surface area contributed by atoms with Crippen LogP contribution in [-0.2, 0) is 20.8 Å². The topological polar surface area (TPSA) is 27.7 Å². The minimum Gasteiger partial charge on any atom is -0.377 e. The highest BCUT2D eigenvalue weighted by atomic mass is 16.7. The van der Waals surface area contributed by atoms with E-state index in [2.05, 4.69) is 18.7 Å². The molecule has 3 heteroatoms. The Kier molecular flexibility index (Phi) is 5.97. The maximum atomic E-state index is 5.97. The van der Waals surface area contributed by atoms with Crippen molar-refractivity contribution in [2.75, 3.05) is 6.61 Å². The van der Waals surface area contributed by atoms with Crippen molar-refractivity contribution in [1.82, 2.24) is 0 Å². The Balaban J connectivity index is 1.73. The van der Waals surface area contributed by atoms with Gasteiger partial charge in [0.15, 0.2) is 5.79 Å². The molecule has 1 aliphatic heterocycles. The van der Waals surface area contributed by atoms with Gasteiger partial charge in [-0.25, -0.2) is 0 Å². The second-order valence-electron chi connectivity index (χ2n) is 5.97. The molecule has 2 rings (SSSR count). The van der Waals surface area contributed by atoms with Crippen molar-refractivity contribution in [3.8, 4) is 0 Å². The van der Waals surface area contributed by atoms with Crippen molar-refractivity contribution in [2.45, 2.75) is 57.7 Å². The van der Waals surface area contributed by atoms with Crippen LogP contribution >= 0.6 is 0 Å². The van der Waals surface area contributed by atoms with Crippen molar-refractivity contribution in [3.63, 3.8) is 0 Å². The van der Waals surface area contributed by atoms with Crippen LogP contribution in [0.5, 0.6) is 0 Å². The van der Waals surface area contributed by atoms with Crippen molar-refractivity contribution in [2.24, 2.45) is 0 Å². The Bertz CT molecular complexity index is 427. The van der Waals surface area contributed by atoms with Crippen LogP contribution in [0.2, 0.25) is 0 Å². The van der Waals surface area contributed by atoms with Crippen LogP contribution in [0.25, 0.3) is 0 Å². The zero-order valence-electron chi connectivity index (χ0n) is 13.1. The fourth-order valence-corrected chi connectivity index (χ4v) is 2.71. The molecule has 0 radical (unpaired) electrons. The van der Waals surface area contributed by atoms with Crippen molar-refractivity contribution in [1.29, 1.82) is 0 Å². The SMILES string of the molecule is C=CC[C@H]1C[C@H](CCOCc2ccccc2)OC(C)(C)O1. The first kappa shape index (κ1) is 16.2. The van der Waals surface area contributed by atoms with E-state index in [9.17, 15) is 0 Å². The maximum absolute atomic E-state index is 5.97. The third kappa shape index (κ3) is 5.62. The zero-order valence-corrected chi connectivity index (χ0v) is 13.1. The highest BCUT2D eigenvalue weighted by molar-refractivity contribution is 5.13. The molecular formula is C18H26O3. The molecule has 1 aromatic rings. The number of hydrogen-bond donors (Lipinski definition) is 0. The van der Waals surface area contributed by atoms with Crippen molar-refractivity contribution >= 4 is 0 Å². The molecule has 0 saturated carbocycles.